The van der Waals surface area contributed by atoms with Gasteiger partial charge in [0.05, 0.1) is 17.9 Å². The molecule has 0 saturated heterocycles. The first kappa shape index (κ1) is 9.56. The van der Waals surface area contributed by atoms with Gasteiger partial charge in [0.1, 0.15) is 0 Å². The van der Waals surface area contributed by atoms with Crippen molar-refractivity contribution in [1.82, 2.24) is 19.2 Å². The minimum Gasteiger partial charge on any atom is -0.325 e. The Bertz CT molecular complexity index is 577. The van der Waals surface area contributed by atoms with E-state index in [2.05, 4.69) is 10.1 Å². The minimum absolute atomic E-state index is 0.477. The van der Waals surface area contributed by atoms with Crippen LogP contribution in [0.2, 0.25) is 0 Å². The van der Waals surface area contributed by atoms with Crippen molar-refractivity contribution < 1.29 is 0 Å². The molecule has 82 valence electrons. The molecule has 0 aliphatic carbocycles. The molecule has 0 bridgehead atoms. The second-order valence-electron chi connectivity index (χ2n) is 3.53. The largest absolute Gasteiger partial charge is 0.325 e. The molecule has 0 aromatic carbocycles. The SMILES string of the molecule is NCc1ccn(Cc2cn3ccsc3n2)n1. The topological polar surface area (TPSA) is 61.1 Å². The highest BCUT2D eigenvalue weighted by atomic mass is 32.1. The fourth-order valence-corrected chi connectivity index (χ4v) is 2.34. The summed E-state index contributed by atoms with van der Waals surface area (Å²) in [7, 11) is 0. The number of aromatic nitrogens is 4. The van der Waals surface area contributed by atoms with E-state index in [1.807, 2.05) is 39.1 Å². The molecule has 3 aromatic heterocycles. The number of hydrogen-bond donors (Lipinski definition) is 1. The maximum absolute atomic E-state index is 5.51. The van der Waals surface area contributed by atoms with Gasteiger partial charge in [0.2, 0.25) is 0 Å². The van der Waals surface area contributed by atoms with Crippen LogP contribution in [0.25, 0.3) is 4.96 Å². The molecule has 0 amide bonds. The third-order valence-electron chi connectivity index (χ3n) is 2.37. The molecule has 0 aliphatic heterocycles. The maximum Gasteiger partial charge on any atom is 0.193 e. The van der Waals surface area contributed by atoms with Crippen LogP contribution in [-0.4, -0.2) is 19.2 Å². The number of nitrogens with two attached hydrogens (primary N) is 1. The first-order valence-corrected chi connectivity index (χ1v) is 5.86. The zero-order valence-corrected chi connectivity index (χ0v) is 9.39. The average molecular weight is 233 g/mol. The van der Waals surface area contributed by atoms with E-state index in [1.165, 1.54) is 0 Å². The Hall–Kier alpha value is -1.66. The summed E-state index contributed by atoms with van der Waals surface area (Å²) in [5.74, 6) is 0. The van der Waals surface area contributed by atoms with E-state index in [0.717, 1.165) is 16.3 Å². The summed E-state index contributed by atoms with van der Waals surface area (Å²) in [5.41, 5.74) is 7.42. The fraction of sp³-hybridized carbons (Fsp3) is 0.200. The van der Waals surface area contributed by atoms with Crippen molar-refractivity contribution in [3.63, 3.8) is 0 Å². The van der Waals surface area contributed by atoms with Crippen LogP contribution in [0.5, 0.6) is 0 Å². The van der Waals surface area contributed by atoms with E-state index in [0.29, 0.717) is 13.1 Å². The summed E-state index contributed by atoms with van der Waals surface area (Å²) in [6, 6.07) is 1.93. The van der Waals surface area contributed by atoms with Crippen molar-refractivity contribution in [3.05, 3.63) is 41.4 Å². The van der Waals surface area contributed by atoms with Crippen LogP contribution in [-0.2, 0) is 13.1 Å². The van der Waals surface area contributed by atoms with E-state index in [9.17, 15) is 0 Å². The average Bonchev–Trinajstić information content (AvgIpc) is 2.92. The predicted octanol–water partition coefficient (Wildman–Crippen LogP) is 1.10. The quantitative estimate of drug-likeness (QED) is 0.737. The minimum atomic E-state index is 0.477. The molecular weight excluding hydrogens is 222 g/mol. The number of imidazole rings is 1. The molecule has 2 N–H and O–H groups in total. The summed E-state index contributed by atoms with van der Waals surface area (Å²) in [6.07, 6.45) is 5.95. The van der Waals surface area contributed by atoms with E-state index in [1.54, 1.807) is 11.3 Å². The van der Waals surface area contributed by atoms with Gasteiger partial charge in [-0.15, -0.1) is 11.3 Å². The lowest BCUT2D eigenvalue weighted by atomic mass is 10.4. The molecule has 0 unspecified atom stereocenters. The van der Waals surface area contributed by atoms with Gasteiger partial charge in [-0.3, -0.25) is 9.08 Å². The van der Waals surface area contributed by atoms with Crippen LogP contribution in [0.15, 0.2) is 30.0 Å². The van der Waals surface area contributed by atoms with E-state index in [-0.39, 0.29) is 0 Å². The third-order valence-corrected chi connectivity index (χ3v) is 3.14. The maximum atomic E-state index is 5.51. The van der Waals surface area contributed by atoms with Crippen LogP contribution < -0.4 is 5.73 Å². The Labute approximate surface area is 96.1 Å². The molecule has 5 nitrogen and oxygen atoms in total. The number of fused-ring (bicyclic) bond motifs is 1. The number of hydrogen-bond acceptors (Lipinski definition) is 4. The van der Waals surface area contributed by atoms with Crippen LogP contribution in [0, 0.1) is 0 Å². The summed E-state index contributed by atoms with van der Waals surface area (Å²) >= 11 is 1.63. The molecule has 0 fully saturated rings. The van der Waals surface area contributed by atoms with Crippen molar-refractivity contribution in [1.29, 1.82) is 0 Å². The Morgan fingerprint density at radius 1 is 1.31 bits per heavy atom. The van der Waals surface area contributed by atoms with E-state index < -0.39 is 0 Å². The second kappa shape index (κ2) is 3.73. The van der Waals surface area contributed by atoms with E-state index >= 15 is 0 Å². The summed E-state index contributed by atoms with van der Waals surface area (Å²) in [6.45, 7) is 1.17. The summed E-state index contributed by atoms with van der Waals surface area (Å²) in [5, 5.41) is 6.34. The monoisotopic (exact) mass is 233 g/mol. The van der Waals surface area contributed by atoms with Gasteiger partial charge in [-0.1, -0.05) is 0 Å². The van der Waals surface area contributed by atoms with Gasteiger partial charge in [0.15, 0.2) is 4.96 Å². The van der Waals surface area contributed by atoms with Gasteiger partial charge in [-0.25, -0.2) is 4.98 Å². The molecule has 3 aromatic rings. The molecule has 0 aliphatic rings. The zero-order valence-electron chi connectivity index (χ0n) is 8.58. The molecule has 6 heteroatoms. The summed E-state index contributed by atoms with van der Waals surface area (Å²) < 4.78 is 3.88. The molecule has 3 heterocycles. The standard InChI is InChI=1S/C10H11N5S/c11-5-8-1-2-15(13-8)7-9-6-14-3-4-16-10(14)12-9/h1-4,6H,5,7,11H2. The first-order valence-electron chi connectivity index (χ1n) is 4.98. The Morgan fingerprint density at radius 3 is 3.00 bits per heavy atom. The van der Waals surface area contributed by atoms with E-state index in [4.69, 9.17) is 5.73 Å². The van der Waals surface area contributed by atoms with Gasteiger partial charge >= 0.3 is 0 Å². The third kappa shape index (κ3) is 1.62. The zero-order chi connectivity index (χ0) is 11.0. The fourth-order valence-electron chi connectivity index (χ4n) is 1.62. The summed E-state index contributed by atoms with van der Waals surface area (Å²) in [4.78, 5) is 5.51. The van der Waals surface area contributed by atoms with Crippen molar-refractivity contribution in [2.45, 2.75) is 13.1 Å². The number of thiazole rings is 1. The van der Waals surface area contributed by atoms with Crippen LogP contribution >= 0.6 is 11.3 Å². The van der Waals surface area contributed by atoms with Crippen molar-refractivity contribution >= 4 is 16.3 Å². The lowest BCUT2D eigenvalue weighted by molar-refractivity contribution is 0.662. The molecule has 0 radical (unpaired) electrons. The Morgan fingerprint density at radius 2 is 2.25 bits per heavy atom. The normalized spacial score (nSPS) is 11.3. The van der Waals surface area contributed by atoms with Crippen LogP contribution in [0.4, 0.5) is 0 Å². The molecule has 0 atom stereocenters. The number of nitrogens with zero attached hydrogens (tertiary/aromatic N) is 4. The van der Waals surface area contributed by atoms with Gasteiger partial charge in [0.25, 0.3) is 0 Å². The Kier molecular flexibility index (Phi) is 2.23. The molecule has 0 saturated carbocycles. The smallest absolute Gasteiger partial charge is 0.193 e. The molecule has 0 spiro atoms. The van der Waals surface area contributed by atoms with Gasteiger partial charge in [-0.05, 0) is 6.07 Å². The predicted molar refractivity (Wildman–Crippen MR) is 62.3 cm³/mol. The number of rotatable bonds is 3. The molecule has 3 rings (SSSR count). The van der Waals surface area contributed by atoms with Crippen LogP contribution in [0.3, 0.4) is 0 Å². The van der Waals surface area contributed by atoms with Crippen LogP contribution in [0.1, 0.15) is 11.4 Å². The van der Waals surface area contributed by atoms with Crippen molar-refractivity contribution in [2.24, 2.45) is 5.73 Å². The van der Waals surface area contributed by atoms with Crippen molar-refractivity contribution in [3.8, 4) is 0 Å². The highest BCUT2D eigenvalue weighted by molar-refractivity contribution is 7.15. The Balaban J connectivity index is 1.86. The van der Waals surface area contributed by atoms with Gasteiger partial charge in [-0.2, -0.15) is 5.10 Å². The second-order valence-corrected chi connectivity index (χ2v) is 4.41. The van der Waals surface area contributed by atoms with Crippen molar-refractivity contribution in [2.75, 3.05) is 0 Å². The lowest BCUT2D eigenvalue weighted by Gasteiger charge is -1.96. The van der Waals surface area contributed by atoms with Gasteiger partial charge in [0, 0.05) is 30.5 Å². The van der Waals surface area contributed by atoms with Gasteiger partial charge < -0.3 is 5.73 Å². The molecule has 16 heavy (non-hydrogen) atoms. The first-order chi connectivity index (χ1) is 7.85. The highest BCUT2D eigenvalue weighted by Gasteiger charge is 2.04. The molecular formula is C10H11N5S. The highest BCUT2D eigenvalue weighted by Crippen LogP contribution is 2.12. The lowest BCUT2D eigenvalue weighted by Crippen LogP contribution is -2.03.